The maximum absolute atomic E-state index is 9.73. The molecule has 0 aliphatic carbocycles. The largest absolute Gasteiger partial charge is 0.491 e. The molecule has 0 aliphatic rings. The smallest absolute Gasteiger partial charge is 0.187 e. The van der Waals surface area contributed by atoms with Crippen LogP contribution in [-0.4, -0.2) is 33.7 Å². The summed E-state index contributed by atoms with van der Waals surface area (Å²) >= 11 is 0. The number of rotatable bonds is 9. The van der Waals surface area contributed by atoms with Gasteiger partial charge >= 0.3 is 0 Å². The van der Waals surface area contributed by atoms with Gasteiger partial charge in [0.05, 0.1) is 31.1 Å². The van der Waals surface area contributed by atoms with Crippen molar-refractivity contribution in [3.63, 3.8) is 0 Å². The first-order valence-corrected chi connectivity index (χ1v) is 11.2. The molecule has 3 aromatic carbocycles. The van der Waals surface area contributed by atoms with Crippen LogP contribution in [0.25, 0.3) is 10.9 Å². The van der Waals surface area contributed by atoms with E-state index in [-0.39, 0.29) is 0 Å². The molecule has 2 aromatic heterocycles. The Balaban J connectivity index is 1.40. The van der Waals surface area contributed by atoms with Crippen LogP contribution in [0.3, 0.4) is 0 Å². The van der Waals surface area contributed by atoms with Crippen molar-refractivity contribution in [1.29, 1.82) is 5.26 Å². The minimum Gasteiger partial charge on any atom is -0.491 e. The quantitative estimate of drug-likeness (QED) is 0.303. The number of ether oxygens (including phenoxy) is 3. The maximum Gasteiger partial charge on any atom is 0.187 e. The molecule has 0 saturated heterocycles. The summed E-state index contributed by atoms with van der Waals surface area (Å²) in [6, 6.07) is 23.0. The van der Waals surface area contributed by atoms with E-state index in [1.807, 2.05) is 66.7 Å². The molecule has 0 amide bonds. The van der Waals surface area contributed by atoms with Crippen molar-refractivity contribution < 1.29 is 14.2 Å². The van der Waals surface area contributed by atoms with Crippen molar-refractivity contribution in [1.82, 2.24) is 20.0 Å². The highest BCUT2D eigenvalue weighted by Gasteiger charge is 2.17. The average molecular weight is 479 g/mol. The Hall–Kier alpha value is -5.10. The summed E-state index contributed by atoms with van der Waals surface area (Å²) in [5.74, 6) is 2.51. The topological polar surface area (TPSA) is 107 Å². The number of hydrogen-bond donors (Lipinski definition) is 1. The van der Waals surface area contributed by atoms with E-state index in [0.717, 1.165) is 16.8 Å². The normalized spacial score (nSPS) is 10.6. The van der Waals surface area contributed by atoms with Crippen LogP contribution in [0.15, 0.2) is 85.3 Å². The molecule has 0 unspecified atom stereocenters. The van der Waals surface area contributed by atoms with E-state index < -0.39 is 0 Å². The Kier molecular flexibility index (Phi) is 6.58. The molecule has 0 atom stereocenters. The fraction of sp³-hybridized carbons (Fsp3) is 0.111. The van der Waals surface area contributed by atoms with Gasteiger partial charge in [-0.1, -0.05) is 23.4 Å². The van der Waals surface area contributed by atoms with E-state index in [4.69, 9.17) is 14.2 Å². The van der Waals surface area contributed by atoms with Crippen LogP contribution < -0.4 is 19.5 Å². The number of aromatic nitrogens is 4. The average Bonchev–Trinajstić information content (AvgIpc) is 3.44. The second-order valence-electron chi connectivity index (χ2n) is 7.73. The first-order valence-electron chi connectivity index (χ1n) is 11.2. The lowest BCUT2D eigenvalue weighted by Gasteiger charge is -2.16. The predicted molar refractivity (Wildman–Crippen MR) is 135 cm³/mol. The molecule has 0 radical (unpaired) electrons. The molecule has 36 heavy (non-hydrogen) atoms. The molecule has 5 aromatic rings. The highest BCUT2D eigenvalue weighted by Crippen LogP contribution is 2.39. The maximum atomic E-state index is 9.73. The minimum atomic E-state index is 0.379. The minimum absolute atomic E-state index is 0.379. The molecule has 0 spiro atoms. The highest BCUT2D eigenvalue weighted by atomic mass is 16.5. The summed E-state index contributed by atoms with van der Waals surface area (Å²) in [5, 5.41) is 21.5. The summed E-state index contributed by atoms with van der Waals surface area (Å²) < 4.78 is 19.1. The summed E-state index contributed by atoms with van der Waals surface area (Å²) in [4.78, 5) is 4.49. The van der Waals surface area contributed by atoms with Crippen LogP contribution in [0.4, 0.5) is 11.4 Å². The lowest BCUT2D eigenvalue weighted by molar-refractivity contribution is 0.274. The molecule has 178 valence electrons. The molecule has 0 fully saturated rings. The zero-order valence-corrected chi connectivity index (χ0v) is 19.5. The van der Waals surface area contributed by atoms with Crippen molar-refractivity contribution in [3.8, 4) is 29.1 Å². The number of fused-ring (bicyclic) bond motifs is 1. The fourth-order valence-corrected chi connectivity index (χ4v) is 3.73. The molecular formula is C27H22N6O3. The highest BCUT2D eigenvalue weighted by molar-refractivity contribution is 5.99. The number of pyridine rings is 1. The van der Waals surface area contributed by atoms with Crippen LogP contribution in [-0.2, 0) is 6.54 Å². The summed E-state index contributed by atoms with van der Waals surface area (Å²) in [6.07, 6.45) is 4.91. The van der Waals surface area contributed by atoms with E-state index in [1.54, 1.807) is 24.2 Å². The number of nitriles is 1. The number of hydrogen-bond acceptors (Lipinski definition) is 8. The fourth-order valence-electron chi connectivity index (χ4n) is 3.73. The Morgan fingerprint density at radius 2 is 1.81 bits per heavy atom. The molecule has 5 rings (SSSR count). The molecule has 1 N–H and O–H groups in total. The molecule has 9 heteroatoms. The van der Waals surface area contributed by atoms with E-state index in [9.17, 15) is 5.26 Å². The Bertz CT molecular complexity index is 1500. The number of anilines is 2. The molecule has 0 bridgehead atoms. The van der Waals surface area contributed by atoms with Crippen molar-refractivity contribution in [3.05, 3.63) is 90.9 Å². The molecule has 9 nitrogen and oxygen atoms in total. The van der Waals surface area contributed by atoms with E-state index in [1.165, 1.54) is 6.20 Å². The van der Waals surface area contributed by atoms with Gasteiger partial charge in [0.2, 0.25) is 0 Å². The molecule has 2 heterocycles. The van der Waals surface area contributed by atoms with Gasteiger partial charge in [0.25, 0.3) is 0 Å². The van der Waals surface area contributed by atoms with Gasteiger partial charge in [-0.2, -0.15) is 5.26 Å². The second-order valence-corrected chi connectivity index (χ2v) is 7.73. The first-order chi connectivity index (χ1) is 17.7. The van der Waals surface area contributed by atoms with Crippen LogP contribution in [0.1, 0.15) is 5.56 Å². The van der Waals surface area contributed by atoms with Crippen molar-refractivity contribution in [2.45, 2.75) is 6.54 Å². The molecule has 0 aliphatic heterocycles. The number of methoxy groups -OCH3 is 1. The van der Waals surface area contributed by atoms with Crippen LogP contribution >= 0.6 is 0 Å². The second kappa shape index (κ2) is 10.4. The van der Waals surface area contributed by atoms with Gasteiger partial charge in [0.15, 0.2) is 11.5 Å². The third-order valence-corrected chi connectivity index (χ3v) is 5.43. The standard InChI is InChI=1S/C27H22N6O3/c1-34-27-24(35-16-15-33-14-13-30-32-33)12-11-23-25(19(17-28)18-29-26(23)27)31-20-7-9-22(10-8-20)36-21-5-3-2-4-6-21/h2-14,18H,15-16H2,1H3,(H,29,31). The van der Waals surface area contributed by atoms with Crippen molar-refractivity contribution in [2.24, 2.45) is 0 Å². The monoisotopic (exact) mass is 478 g/mol. The van der Waals surface area contributed by atoms with E-state index in [0.29, 0.717) is 47.2 Å². The third kappa shape index (κ3) is 4.88. The Morgan fingerprint density at radius 3 is 2.53 bits per heavy atom. The lowest BCUT2D eigenvalue weighted by atomic mass is 10.1. The van der Waals surface area contributed by atoms with Crippen LogP contribution in [0, 0.1) is 11.3 Å². The summed E-state index contributed by atoms with van der Waals surface area (Å²) in [5.41, 5.74) is 2.42. The lowest BCUT2D eigenvalue weighted by Crippen LogP contribution is -2.09. The number of benzene rings is 3. The van der Waals surface area contributed by atoms with Gasteiger partial charge in [-0.05, 0) is 48.5 Å². The van der Waals surface area contributed by atoms with Gasteiger partial charge in [0.1, 0.15) is 29.7 Å². The van der Waals surface area contributed by atoms with Crippen LogP contribution in [0.5, 0.6) is 23.0 Å². The SMILES string of the molecule is COc1c(OCCn2ccnn2)ccc2c(Nc3ccc(Oc4ccccc4)cc3)c(C#N)cnc12. The van der Waals surface area contributed by atoms with Crippen molar-refractivity contribution >= 4 is 22.3 Å². The zero-order chi connectivity index (χ0) is 24.7. The number of nitrogens with one attached hydrogen (secondary N) is 1. The third-order valence-electron chi connectivity index (χ3n) is 5.43. The Labute approximate surface area is 207 Å². The molecule has 0 saturated carbocycles. The Morgan fingerprint density at radius 1 is 1.00 bits per heavy atom. The summed E-state index contributed by atoms with van der Waals surface area (Å²) in [7, 11) is 1.57. The van der Waals surface area contributed by atoms with Gasteiger partial charge < -0.3 is 19.5 Å². The predicted octanol–water partition coefficient (Wildman–Crippen LogP) is 5.32. The number of para-hydroxylation sites is 1. The van der Waals surface area contributed by atoms with Gasteiger partial charge in [-0.3, -0.25) is 4.98 Å². The first kappa shape index (κ1) is 22.7. The number of nitrogens with zero attached hydrogens (tertiary/aromatic N) is 5. The van der Waals surface area contributed by atoms with Crippen LogP contribution in [0.2, 0.25) is 0 Å². The molecular weight excluding hydrogens is 456 g/mol. The van der Waals surface area contributed by atoms with Gasteiger partial charge in [0, 0.05) is 23.5 Å². The van der Waals surface area contributed by atoms with Gasteiger partial charge in [-0.25, -0.2) is 4.68 Å². The van der Waals surface area contributed by atoms with Gasteiger partial charge in [-0.15, -0.1) is 5.10 Å². The zero-order valence-electron chi connectivity index (χ0n) is 19.5. The summed E-state index contributed by atoms with van der Waals surface area (Å²) in [6.45, 7) is 0.919. The van der Waals surface area contributed by atoms with E-state index in [2.05, 4.69) is 26.7 Å². The van der Waals surface area contributed by atoms with E-state index >= 15 is 0 Å². The van der Waals surface area contributed by atoms with Crippen molar-refractivity contribution in [2.75, 3.05) is 19.0 Å².